The van der Waals surface area contributed by atoms with Crippen LogP contribution in [0.4, 0.5) is 0 Å². The van der Waals surface area contributed by atoms with Gasteiger partial charge in [0, 0.05) is 17.9 Å². The highest BCUT2D eigenvalue weighted by atomic mass is 35.5. The summed E-state index contributed by atoms with van der Waals surface area (Å²) in [5.41, 5.74) is 2.39. The number of aryl methyl sites for hydroxylation is 1. The van der Waals surface area contributed by atoms with Crippen LogP contribution >= 0.6 is 11.6 Å². The first-order chi connectivity index (χ1) is 8.58. The first kappa shape index (κ1) is 14.7. The molecule has 18 heavy (non-hydrogen) atoms. The summed E-state index contributed by atoms with van der Waals surface area (Å²) in [5, 5.41) is 0. The van der Waals surface area contributed by atoms with Gasteiger partial charge in [0.2, 0.25) is 0 Å². The van der Waals surface area contributed by atoms with Crippen LogP contribution in [-0.4, -0.2) is 24.2 Å². The molecule has 0 aliphatic rings. The first-order valence-electron chi connectivity index (χ1n) is 5.92. The van der Waals surface area contributed by atoms with Crippen molar-refractivity contribution in [3.05, 3.63) is 34.9 Å². The van der Waals surface area contributed by atoms with Crippen molar-refractivity contribution in [3.63, 3.8) is 0 Å². The third kappa shape index (κ3) is 4.15. The zero-order chi connectivity index (χ0) is 13.5. The number of carbonyl (C=O) groups is 2. The SMILES string of the molecule is CCOC(=O)Cc1ccc(C(=O)CCCl)c(C)c1. The van der Waals surface area contributed by atoms with E-state index in [1.807, 2.05) is 13.0 Å². The number of esters is 1. The highest BCUT2D eigenvalue weighted by molar-refractivity contribution is 6.19. The molecule has 0 atom stereocenters. The monoisotopic (exact) mass is 268 g/mol. The predicted octanol–water partition coefficient (Wildman–Crippen LogP) is 2.91. The van der Waals surface area contributed by atoms with Gasteiger partial charge in [-0.3, -0.25) is 9.59 Å². The van der Waals surface area contributed by atoms with Crippen LogP contribution in [0.3, 0.4) is 0 Å². The molecule has 0 bridgehead atoms. The van der Waals surface area contributed by atoms with E-state index < -0.39 is 0 Å². The number of Topliss-reactive ketones (excluding diaryl/α,β-unsaturated/α-hetero) is 1. The van der Waals surface area contributed by atoms with E-state index in [9.17, 15) is 9.59 Å². The van der Waals surface area contributed by atoms with E-state index >= 15 is 0 Å². The highest BCUT2D eigenvalue weighted by Crippen LogP contribution is 2.14. The first-order valence-corrected chi connectivity index (χ1v) is 6.46. The second kappa shape index (κ2) is 7.17. The molecular weight excluding hydrogens is 252 g/mol. The number of ether oxygens (including phenoxy) is 1. The minimum Gasteiger partial charge on any atom is -0.466 e. The second-order valence-corrected chi connectivity index (χ2v) is 4.37. The second-order valence-electron chi connectivity index (χ2n) is 3.99. The van der Waals surface area contributed by atoms with Crippen LogP contribution in [-0.2, 0) is 16.0 Å². The van der Waals surface area contributed by atoms with Crippen LogP contribution in [0.2, 0.25) is 0 Å². The van der Waals surface area contributed by atoms with Gasteiger partial charge in [-0.2, -0.15) is 0 Å². The Kier molecular flexibility index (Phi) is 5.86. The van der Waals surface area contributed by atoms with Crippen LogP contribution < -0.4 is 0 Å². The van der Waals surface area contributed by atoms with Crippen molar-refractivity contribution in [2.45, 2.75) is 26.7 Å². The van der Waals surface area contributed by atoms with Crippen LogP contribution in [0.15, 0.2) is 18.2 Å². The van der Waals surface area contributed by atoms with Crippen LogP contribution in [0.1, 0.15) is 34.8 Å². The van der Waals surface area contributed by atoms with Crippen LogP contribution in [0.25, 0.3) is 0 Å². The van der Waals surface area contributed by atoms with Gasteiger partial charge >= 0.3 is 5.97 Å². The minimum atomic E-state index is -0.253. The molecule has 4 heteroatoms. The van der Waals surface area contributed by atoms with Gasteiger partial charge < -0.3 is 4.74 Å². The van der Waals surface area contributed by atoms with Crippen molar-refractivity contribution in [2.75, 3.05) is 12.5 Å². The molecule has 0 radical (unpaired) electrons. The molecule has 1 aromatic rings. The normalized spacial score (nSPS) is 10.2. The fourth-order valence-corrected chi connectivity index (χ4v) is 1.92. The Morgan fingerprint density at radius 3 is 2.61 bits per heavy atom. The Hall–Kier alpha value is -1.35. The fraction of sp³-hybridized carbons (Fsp3) is 0.429. The average molecular weight is 269 g/mol. The molecule has 0 fully saturated rings. The Labute approximate surface area is 112 Å². The molecule has 0 unspecified atom stereocenters. The minimum absolute atomic E-state index is 0.0326. The number of rotatable bonds is 6. The van der Waals surface area contributed by atoms with Crippen molar-refractivity contribution in [3.8, 4) is 0 Å². The molecule has 0 heterocycles. The summed E-state index contributed by atoms with van der Waals surface area (Å²) in [6, 6.07) is 5.38. The molecule has 0 saturated carbocycles. The maximum atomic E-state index is 11.7. The molecule has 0 aliphatic carbocycles. The zero-order valence-electron chi connectivity index (χ0n) is 10.7. The molecule has 1 aromatic carbocycles. The van der Waals surface area contributed by atoms with E-state index in [-0.39, 0.29) is 18.2 Å². The molecule has 0 N–H and O–H groups in total. The van der Waals surface area contributed by atoms with E-state index in [0.29, 0.717) is 24.5 Å². The molecule has 0 amide bonds. The van der Waals surface area contributed by atoms with Gasteiger partial charge in [0.05, 0.1) is 13.0 Å². The lowest BCUT2D eigenvalue weighted by Gasteiger charge is -2.07. The number of halogens is 1. The third-order valence-corrected chi connectivity index (χ3v) is 2.76. The summed E-state index contributed by atoms with van der Waals surface area (Å²) in [5.74, 6) is 0.102. The Morgan fingerprint density at radius 1 is 1.33 bits per heavy atom. The fourth-order valence-electron chi connectivity index (χ4n) is 1.75. The lowest BCUT2D eigenvalue weighted by Crippen LogP contribution is -2.09. The standard InChI is InChI=1S/C14H17ClO3/c1-3-18-14(17)9-11-4-5-12(10(2)8-11)13(16)6-7-15/h4-5,8H,3,6-7,9H2,1-2H3. The molecule has 0 spiro atoms. The van der Waals surface area contributed by atoms with E-state index in [2.05, 4.69) is 0 Å². The molecule has 1 rings (SSSR count). The molecule has 0 saturated heterocycles. The van der Waals surface area contributed by atoms with Crippen molar-refractivity contribution >= 4 is 23.4 Å². The van der Waals surface area contributed by atoms with Crippen LogP contribution in [0, 0.1) is 6.92 Å². The van der Waals surface area contributed by atoms with Gasteiger partial charge in [0.1, 0.15) is 0 Å². The molecule has 0 aliphatic heterocycles. The molecule has 98 valence electrons. The summed E-state index contributed by atoms with van der Waals surface area (Å²) in [7, 11) is 0. The summed E-state index contributed by atoms with van der Waals surface area (Å²) in [6.07, 6.45) is 0.568. The third-order valence-electron chi connectivity index (χ3n) is 2.57. The molecule has 3 nitrogen and oxygen atoms in total. The largest absolute Gasteiger partial charge is 0.466 e. The number of benzene rings is 1. The topological polar surface area (TPSA) is 43.4 Å². The maximum absolute atomic E-state index is 11.7. The van der Waals surface area contributed by atoms with Crippen molar-refractivity contribution in [1.82, 2.24) is 0 Å². The lowest BCUT2D eigenvalue weighted by atomic mass is 9.99. The molecule has 0 aromatic heterocycles. The van der Waals surface area contributed by atoms with Crippen molar-refractivity contribution in [1.29, 1.82) is 0 Å². The number of hydrogen-bond acceptors (Lipinski definition) is 3. The summed E-state index contributed by atoms with van der Waals surface area (Å²) in [6.45, 7) is 4.01. The van der Waals surface area contributed by atoms with Gasteiger partial charge in [0.15, 0.2) is 5.78 Å². The van der Waals surface area contributed by atoms with Crippen molar-refractivity contribution in [2.24, 2.45) is 0 Å². The summed E-state index contributed by atoms with van der Waals surface area (Å²) in [4.78, 5) is 23.1. The molecular formula is C14H17ClO3. The van der Waals surface area contributed by atoms with Crippen molar-refractivity contribution < 1.29 is 14.3 Å². The summed E-state index contributed by atoms with van der Waals surface area (Å²) < 4.78 is 4.88. The van der Waals surface area contributed by atoms with Gasteiger partial charge in [0.25, 0.3) is 0 Å². The predicted molar refractivity (Wildman–Crippen MR) is 71.2 cm³/mol. The van der Waals surface area contributed by atoms with Gasteiger partial charge in [-0.25, -0.2) is 0 Å². The average Bonchev–Trinajstić information content (AvgIpc) is 2.29. The van der Waals surface area contributed by atoms with Gasteiger partial charge in [-0.1, -0.05) is 18.2 Å². The maximum Gasteiger partial charge on any atom is 0.310 e. The number of alkyl halides is 1. The number of hydrogen-bond donors (Lipinski definition) is 0. The van der Waals surface area contributed by atoms with E-state index in [4.69, 9.17) is 16.3 Å². The van der Waals surface area contributed by atoms with Crippen LogP contribution in [0.5, 0.6) is 0 Å². The highest BCUT2D eigenvalue weighted by Gasteiger charge is 2.10. The quantitative estimate of drug-likeness (QED) is 0.453. The Bertz CT molecular complexity index is 441. The van der Waals surface area contributed by atoms with Gasteiger partial charge in [-0.15, -0.1) is 11.6 Å². The Balaban J connectivity index is 2.79. The lowest BCUT2D eigenvalue weighted by molar-refractivity contribution is -0.142. The van der Waals surface area contributed by atoms with E-state index in [1.165, 1.54) is 0 Å². The smallest absolute Gasteiger partial charge is 0.310 e. The van der Waals surface area contributed by atoms with E-state index in [0.717, 1.165) is 11.1 Å². The summed E-state index contributed by atoms with van der Waals surface area (Å²) >= 11 is 5.55. The van der Waals surface area contributed by atoms with E-state index in [1.54, 1.807) is 19.1 Å². The number of ketones is 1. The Morgan fingerprint density at radius 2 is 2.06 bits per heavy atom. The van der Waals surface area contributed by atoms with Gasteiger partial charge in [-0.05, 0) is 25.0 Å². The zero-order valence-corrected chi connectivity index (χ0v) is 11.4. The number of carbonyl (C=O) groups excluding carboxylic acids is 2.